The average molecular weight is 339 g/mol. The van der Waals surface area contributed by atoms with E-state index in [1.807, 2.05) is 24.3 Å². The first-order chi connectivity index (χ1) is 11.6. The molecule has 0 amide bonds. The van der Waals surface area contributed by atoms with E-state index in [0.29, 0.717) is 23.9 Å². The molecule has 0 aliphatic rings. The molecule has 2 rings (SSSR count). The molecule has 4 N–H and O–H groups in total. The van der Waals surface area contributed by atoms with Gasteiger partial charge in [-0.25, -0.2) is 9.83 Å². The normalized spacial score (nSPS) is 10.0. The zero-order valence-corrected chi connectivity index (χ0v) is 14.1. The summed E-state index contributed by atoms with van der Waals surface area (Å²) in [5.41, 5.74) is 13.9. The first kappa shape index (κ1) is 17.6. The molecule has 1 aromatic carbocycles. The monoisotopic (exact) mass is 339 g/mol. The summed E-state index contributed by atoms with van der Waals surface area (Å²) < 4.78 is 5.47. The van der Waals surface area contributed by atoms with Crippen LogP contribution in [0.2, 0.25) is 0 Å². The van der Waals surface area contributed by atoms with Crippen LogP contribution in [0, 0.1) is 17.9 Å². The van der Waals surface area contributed by atoms with Crippen LogP contribution < -0.4 is 16.2 Å². The molecule has 0 unspecified atom stereocenters. The number of pyridine rings is 1. The number of nitriles is 1. The Labute approximate surface area is 145 Å². The molecule has 0 atom stereocenters. The van der Waals surface area contributed by atoms with E-state index >= 15 is 0 Å². The largest absolute Gasteiger partial charge is 0.503 e. The Hall–Kier alpha value is -2.74. The fourth-order valence-electron chi connectivity index (χ4n) is 2.07. The third-order valence-corrected chi connectivity index (χ3v) is 4.31. The summed E-state index contributed by atoms with van der Waals surface area (Å²) in [5, 5.41) is 9.93. The van der Waals surface area contributed by atoms with E-state index in [1.165, 1.54) is 11.8 Å². The highest BCUT2D eigenvalue weighted by Gasteiger charge is 2.20. The lowest BCUT2D eigenvalue weighted by Crippen LogP contribution is -2.02. The Morgan fingerprint density at radius 3 is 2.54 bits per heavy atom. The predicted molar refractivity (Wildman–Crippen MR) is 94.7 cm³/mol. The van der Waals surface area contributed by atoms with Gasteiger partial charge in [0, 0.05) is 12.3 Å². The van der Waals surface area contributed by atoms with Crippen molar-refractivity contribution >= 4 is 23.3 Å². The predicted octanol–water partition coefficient (Wildman–Crippen LogP) is 3.24. The Morgan fingerprint density at radius 1 is 1.33 bits per heavy atom. The minimum atomic E-state index is 0.0772. The van der Waals surface area contributed by atoms with Crippen LogP contribution in [0.1, 0.15) is 23.6 Å². The Bertz CT molecular complexity index is 806. The second-order valence-electron chi connectivity index (χ2n) is 4.82. The Balaban J connectivity index is 2.32. The molecule has 2 aromatic rings. The second kappa shape index (κ2) is 8.21. The van der Waals surface area contributed by atoms with Crippen molar-refractivity contribution in [3.63, 3.8) is 0 Å². The number of benzene rings is 1. The maximum absolute atomic E-state index is 9.46. The van der Waals surface area contributed by atoms with Crippen LogP contribution >= 0.6 is 11.8 Å². The van der Waals surface area contributed by atoms with E-state index in [-0.39, 0.29) is 22.8 Å². The van der Waals surface area contributed by atoms with E-state index in [0.717, 1.165) is 11.1 Å². The molecule has 6 nitrogen and oxygen atoms in total. The maximum atomic E-state index is 9.46. The van der Waals surface area contributed by atoms with Crippen molar-refractivity contribution in [3.05, 3.63) is 52.4 Å². The van der Waals surface area contributed by atoms with Gasteiger partial charge in [-0.15, -0.1) is 11.8 Å². The number of nitrogen functional groups attached to an aromatic ring is 1. The number of hydrogen-bond donors (Lipinski definition) is 2. The van der Waals surface area contributed by atoms with Gasteiger partial charge in [0.25, 0.3) is 5.69 Å². The fraction of sp³-hybridized carbons (Fsp3) is 0.235. The van der Waals surface area contributed by atoms with Gasteiger partial charge >= 0.3 is 0 Å². The van der Waals surface area contributed by atoms with Gasteiger partial charge in [0.15, 0.2) is 5.75 Å². The van der Waals surface area contributed by atoms with Gasteiger partial charge < -0.3 is 16.2 Å². The van der Waals surface area contributed by atoms with Gasteiger partial charge in [0.05, 0.1) is 13.2 Å². The molecule has 0 spiro atoms. The van der Waals surface area contributed by atoms with Crippen molar-refractivity contribution < 1.29 is 4.74 Å². The molecular weight excluding hydrogens is 322 g/mol. The van der Waals surface area contributed by atoms with E-state index in [4.69, 9.17) is 22.8 Å². The van der Waals surface area contributed by atoms with Gasteiger partial charge in [0.2, 0.25) is 0 Å². The number of anilines is 1. The average Bonchev–Trinajstić information content (AvgIpc) is 2.60. The van der Waals surface area contributed by atoms with E-state index in [9.17, 15) is 5.26 Å². The highest BCUT2D eigenvalue weighted by molar-refractivity contribution is 7.98. The zero-order chi connectivity index (χ0) is 17.5. The number of ether oxygens (including phenoxy) is 1. The minimum absolute atomic E-state index is 0.0772. The minimum Gasteiger partial charge on any atom is -0.503 e. The molecule has 1 heterocycles. The van der Waals surface area contributed by atoms with Crippen LogP contribution in [-0.2, 0) is 12.3 Å². The van der Waals surface area contributed by atoms with Crippen molar-refractivity contribution in [3.8, 4) is 11.8 Å². The highest BCUT2D eigenvalue weighted by atomic mass is 32.2. The Morgan fingerprint density at radius 2 is 2.00 bits per heavy atom. The van der Waals surface area contributed by atoms with E-state index in [2.05, 4.69) is 15.9 Å². The first-order valence-corrected chi connectivity index (χ1v) is 8.27. The maximum Gasteiger partial charge on any atom is 0.270 e. The molecule has 0 bridgehead atoms. The highest BCUT2D eigenvalue weighted by Crippen LogP contribution is 2.40. The molecule has 0 aliphatic carbocycles. The summed E-state index contributed by atoms with van der Waals surface area (Å²) in [6, 6.07) is 9.99. The topological polar surface area (TPSA) is 102 Å². The standard InChI is InChI=1S/C17H17N5OS/c1-3-23-15-13(9-19)17(22-16(20)14(15)21-2)24-10-12-6-4-11(8-18)5-7-12/h4-7H,3,8,10,18H2,1H3,(H2,20,22). The van der Waals surface area contributed by atoms with Crippen LogP contribution in [0.4, 0.5) is 11.5 Å². The molecule has 0 fully saturated rings. The van der Waals surface area contributed by atoms with Crippen molar-refractivity contribution in [1.29, 1.82) is 5.26 Å². The van der Waals surface area contributed by atoms with Crippen molar-refractivity contribution in [2.24, 2.45) is 5.73 Å². The zero-order valence-electron chi connectivity index (χ0n) is 13.2. The van der Waals surface area contributed by atoms with Crippen LogP contribution in [0.5, 0.6) is 5.75 Å². The molecule has 1 aromatic heterocycles. The lowest BCUT2D eigenvalue weighted by molar-refractivity contribution is 0.340. The number of nitrogens with two attached hydrogens (primary N) is 2. The summed E-state index contributed by atoms with van der Waals surface area (Å²) in [6.07, 6.45) is 0. The van der Waals surface area contributed by atoms with E-state index < -0.39 is 0 Å². The first-order valence-electron chi connectivity index (χ1n) is 7.29. The van der Waals surface area contributed by atoms with Crippen molar-refractivity contribution in [1.82, 2.24) is 4.98 Å². The molecule has 0 radical (unpaired) electrons. The summed E-state index contributed by atoms with van der Waals surface area (Å²) in [4.78, 5) is 7.55. The van der Waals surface area contributed by atoms with Gasteiger partial charge in [-0.2, -0.15) is 5.26 Å². The van der Waals surface area contributed by atoms with Crippen LogP contribution in [0.25, 0.3) is 4.85 Å². The van der Waals surface area contributed by atoms with Crippen LogP contribution in [-0.4, -0.2) is 11.6 Å². The SMILES string of the molecule is [C-]#[N+]c1c(N)nc(SCc2ccc(CN)cc2)c(C#N)c1OCC. The number of nitrogens with zero attached hydrogens (tertiary/aromatic N) is 3. The second-order valence-corrected chi connectivity index (χ2v) is 5.78. The number of hydrogen-bond acceptors (Lipinski definition) is 6. The van der Waals surface area contributed by atoms with Crippen molar-refractivity contribution in [2.75, 3.05) is 12.3 Å². The molecule has 0 saturated heterocycles. The molecular formula is C17H17N5OS. The third kappa shape index (κ3) is 3.77. The fourth-order valence-corrected chi connectivity index (χ4v) is 3.01. The lowest BCUT2D eigenvalue weighted by Gasteiger charge is -2.13. The van der Waals surface area contributed by atoms with Gasteiger partial charge in [-0.3, -0.25) is 0 Å². The quantitative estimate of drug-likeness (QED) is 0.619. The van der Waals surface area contributed by atoms with Crippen molar-refractivity contribution in [2.45, 2.75) is 24.2 Å². The molecule has 0 saturated carbocycles. The molecule has 122 valence electrons. The van der Waals surface area contributed by atoms with Crippen LogP contribution in [0.15, 0.2) is 29.3 Å². The molecule has 7 heteroatoms. The van der Waals surface area contributed by atoms with Gasteiger partial charge in [0.1, 0.15) is 22.5 Å². The summed E-state index contributed by atoms with van der Waals surface area (Å²) in [6.45, 7) is 9.85. The third-order valence-electron chi connectivity index (χ3n) is 3.27. The smallest absolute Gasteiger partial charge is 0.270 e. The number of aromatic nitrogens is 1. The van der Waals surface area contributed by atoms with Gasteiger partial charge in [-0.1, -0.05) is 24.3 Å². The van der Waals surface area contributed by atoms with E-state index in [1.54, 1.807) is 6.92 Å². The summed E-state index contributed by atoms with van der Waals surface area (Å²) >= 11 is 1.38. The molecule has 0 aliphatic heterocycles. The van der Waals surface area contributed by atoms with Gasteiger partial charge in [-0.05, 0) is 18.1 Å². The number of rotatable bonds is 6. The molecule has 24 heavy (non-hydrogen) atoms. The summed E-state index contributed by atoms with van der Waals surface area (Å²) in [7, 11) is 0. The Kier molecular flexibility index (Phi) is 6.02. The summed E-state index contributed by atoms with van der Waals surface area (Å²) in [5.74, 6) is 0.909. The lowest BCUT2D eigenvalue weighted by atomic mass is 10.1. The number of thioether (sulfide) groups is 1. The van der Waals surface area contributed by atoms with Crippen LogP contribution in [0.3, 0.4) is 0 Å².